The number of anilines is 1. The molecule has 0 atom stereocenters. The summed E-state index contributed by atoms with van der Waals surface area (Å²) in [5.74, 6) is 0. The quantitative estimate of drug-likeness (QED) is 0.424. The molecule has 0 bridgehead atoms. The van der Waals surface area contributed by atoms with Crippen molar-refractivity contribution in [1.82, 2.24) is 9.47 Å². The van der Waals surface area contributed by atoms with Gasteiger partial charge in [-0.3, -0.25) is 0 Å². The van der Waals surface area contributed by atoms with Crippen molar-refractivity contribution in [2.24, 2.45) is 0 Å². The molecule has 0 aliphatic carbocycles. The average Bonchev–Trinajstić information content (AvgIpc) is 3.16. The second-order valence-corrected chi connectivity index (χ2v) is 7.69. The second-order valence-electron chi connectivity index (χ2n) is 7.69. The van der Waals surface area contributed by atoms with Crippen LogP contribution >= 0.6 is 0 Å². The van der Waals surface area contributed by atoms with Crippen molar-refractivity contribution in [2.45, 2.75) is 33.1 Å². The SMILES string of the molecule is C=CCN(Cc1cccn1Cc1cccc(C(F)(F)F)c1)C(=O)Nc1c(C)cccc1C. The number of rotatable bonds is 7. The van der Waals surface area contributed by atoms with Gasteiger partial charge in [-0.25, -0.2) is 4.79 Å². The summed E-state index contributed by atoms with van der Waals surface area (Å²) in [5, 5.41) is 2.97. The Morgan fingerprint density at radius 2 is 1.78 bits per heavy atom. The summed E-state index contributed by atoms with van der Waals surface area (Å²) < 4.78 is 41.0. The maximum Gasteiger partial charge on any atom is 0.416 e. The molecule has 1 aromatic heterocycles. The summed E-state index contributed by atoms with van der Waals surface area (Å²) in [6.07, 6.45) is -0.947. The van der Waals surface area contributed by atoms with Crippen LogP contribution in [0.2, 0.25) is 0 Å². The molecule has 4 nitrogen and oxygen atoms in total. The van der Waals surface area contributed by atoms with E-state index in [0.717, 1.165) is 34.6 Å². The molecule has 32 heavy (non-hydrogen) atoms. The van der Waals surface area contributed by atoms with Crippen LogP contribution in [0.15, 0.2) is 73.4 Å². The Bertz CT molecular complexity index is 1080. The van der Waals surface area contributed by atoms with E-state index < -0.39 is 11.7 Å². The van der Waals surface area contributed by atoms with Crippen LogP contribution in [-0.2, 0) is 19.3 Å². The molecule has 2 amide bonds. The van der Waals surface area contributed by atoms with Gasteiger partial charge in [0.1, 0.15) is 0 Å². The third-order valence-electron chi connectivity index (χ3n) is 5.23. The first-order valence-corrected chi connectivity index (χ1v) is 10.2. The van der Waals surface area contributed by atoms with Gasteiger partial charge < -0.3 is 14.8 Å². The molecular weight excluding hydrogens is 415 g/mol. The van der Waals surface area contributed by atoms with Crippen LogP contribution in [0.3, 0.4) is 0 Å². The lowest BCUT2D eigenvalue weighted by Gasteiger charge is -2.24. The van der Waals surface area contributed by atoms with Crippen LogP contribution in [0.5, 0.6) is 0 Å². The van der Waals surface area contributed by atoms with E-state index in [0.29, 0.717) is 12.1 Å². The van der Waals surface area contributed by atoms with E-state index >= 15 is 0 Å². The van der Waals surface area contributed by atoms with Crippen molar-refractivity contribution < 1.29 is 18.0 Å². The third-order valence-corrected chi connectivity index (χ3v) is 5.23. The Hall–Kier alpha value is -3.48. The maximum atomic E-state index is 13.0. The molecule has 2 aromatic carbocycles. The van der Waals surface area contributed by atoms with Crippen molar-refractivity contribution in [3.8, 4) is 0 Å². The maximum absolute atomic E-state index is 13.0. The number of nitrogens with zero attached hydrogens (tertiary/aromatic N) is 2. The Morgan fingerprint density at radius 1 is 1.09 bits per heavy atom. The Morgan fingerprint density at radius 3 is 2.44 bits per heavy atom. The van der Waals surface area contributed by atoms with E-state index in [4.69, 9.17) is 0 Å². The molecule has 0 saturated carbocycles. The predicted octanol–water partition coefficient (Wildman–Crippen LogP) is 6.39. The van der Waals surface area contributed by atoms with Crippen molar-refractivity contribution in [3.05, 3.63) is 101 Å². The lowest BCUT2D eigenvalue weighted by atomic mass is 10.1. The van der Waals surface area contributed by atoms with Gasteiger partial charge in [0, 0.05) is 30.7 Å². The fourth-order valence-corrected chi connectivity index (χ4v) is 3.56. The number of urea groups is 1. The Kier molecular flexibility index (Phi) is 7.08. The summed E-state index contributed by atoms with van der Waals surface area (Å²) in [6, 6.07) is 14.5. The number of para-hydroxylation sites is 1. The molecule has 0 aliphatic heterocycles. The molecule has 3 aromatic rings. The summed E-state index contributed by atoms with van der Waals surface area (Å²) >= 11 is 0. The van der Waals surface area contributed by atoms with Gasteiger partial charge in [-0.1, -0.05) is 36.4 Å². The van der Waals surface area contributed by atoms with E-state index in [1.165, 1.54) is 6.07 Å². The van der Waals surface area contributed by atoms with Gasteiger partial charge in [-0.15, -0.1) is 6.58 Å². The van der Waals surface area contributed by atoms with Crippen LogP contribution in [0, 0.1) is 13.8 Å². The number of nitrogens with one attached hydrogen (secondary N) is 1. The predicted molar refractivity (Wildman–Crippen MR) is 121 cm³/mol. The summed E-state index contributed by atoms with van der Waals surface area (Å²) in [7, 11) is 0. The number of hydrogen-bond acceptors (Lipinski definition) is 1. The lowest BCUT2D eigenvalue weighted by molar-refractivity contribution is -0.137. The highest BCUT2D eigenvalue weighted by Gasteiger charge is 2.30. The van der Waals surface area contributed by atoms with Gasteiger partial charge in [-0.2, -0.15) is 13.2 Å². The summed E-state index contributed by atoms with van der Waals surface area (Å²) in [5.41, 5.74) is 3.36. The number of carbonyl (C=O) groups excluding carboxylic acids is 1. The molecule has 0 radical (unpaired) electrons. The third kappa shape index (κ3) is 5.60. The molecule has 0 spiro atoms. The largest absolute Gasteiger partial charge is 0.416 e. The van der Waals surface area contributed by atoms with Crippen molar-refractivity contribution in [2.75, 3.05) is 11.9 Å². The van der Waals surface area contributed by atoms with Crippen LogP contribution in [0.25, 0.3) is 0 Å². The Balaban J connectivity index is 1.78. The minimum atomic E-state index is -4.39. The van der Waals surface area contributed by atoms with E-state index in [1.807, 2.05) is 48.7 Å². The number of benzene rings is 2. The highest BCUT2D eigenvalue weighted by atomic mass is 19.4. The molecular formula is C25H26F3N3O. The van der Waals surface area contributed by atoms with Gasteiger partial charge in [0.2, 0.25) is 0 Å². The number of aromatic nitrogens is 1. The van der Waals surface area contributed by atoms with Gasteiger partial charge in [0.05, 0.1) is 12.1 Å². The zero-order valence-corrected chi connectivity index (χ0v) is 18.1. The molecule has 1 N–H and O–H groups in total. The van der Waals surface area contributed by atoms with E-state index in [2.05, 4.69) is 11.9 Å². The fourth-order valence-electron chi connectivity index (χ4n) is 3.56. The monoisotopic (exact) mass is 441 g/mol. The normalized spacial score (nSPS) is 11.3. The molecule has 0 unspecified atom stereocenters. The summed E-state index contributed by atoms with van der Waals surface area (Å²) in [6.45, 7) is 8.49. The van der Waals surface area contributed by atoms with Crippen molar-refractivity contribution in [1.29, 1.82) is 0 Å². The van der Waals surface area contributed by atoms with Crippen molar-refractivity contribution in [3.63, 3.8) is 0 Å². The van der Waals surface area contributed by atoms with E-state index in [9.17, 15) is 18.0 Å². The molecule has 0 fully saturated rings. The van der Waals surface area contributed by atoms with Crippen LogP contribution in [0.4, 0.5) is 23.7 Å². The fraction of sp³-hybridized carbons (Fsp3) is 0.240. The van der Waals surface area contributed by atoms with E-state index in [1.54, 1.807) is 23.2 Å². The number of alkyl halides is 3. The highest BCUT2D eigenvalue weighted by molar-refractivity contribution is 5.91. The molecule has 0 aliphatic rings. The average molecular weight is 441 g/mol. The van der Waals surface area contributed by atoms with Gasteiger partial charge in [0.25, 0.3) is 0 Å². The number of halogens is 3. The number of amides is 2. The number of hydrogen-bond donors (Lipinski definition) is 1. The van der Waals surface area contributed by atoms with Crippen LogP contribution in [0.1, 0.15) is 27.9 Å². The highest BCUT2D eigenvalue weighted by Crippen LogP contribution is 2.30. The Labute approximate surface area is 186 Å². The molecule has 7 heteroatoms. The van der Waals surface area contributed by atoms with Gasteiger partial charge >= 0.3 is 12.2 Å². The van der Waals surface area contributed by atoms with Crippen LogP contribution < -0.4 is 5.32 Å². The minimum absolute atomic E-state index is 0.269. The topological polar surface area (TPSA) is 37.3 Å². The molecule has 1 heterocycles. The zero-order chi connectivity index (χ0) is 23.3. The standard InChI is InChI=1S/C25H26F3N3O/c1-4-13-31(24(32)29-23-18(2)8-5-9-19(23)3)17-22-12-7-14-30(22)16-20-10-6-11-21(15-20)25(26,27)28/h4-12,14-15H,1,13,16-17H2,2-3H3,(H,29,32). The van der Waals surface area contributed by atoms with Crippen molar-refractivity contribution >= 4 is 11.7 Å². The first kappa shape index (κ1) is 23.2. The minimum Gasteiger partial charge on any atom is -0.345 e. The first-order chi connectivity index (χ1) is 15.2. The van der Waals surface area contributed by atoms with E-state index in [-0.39, 0.29) is 19.1 Å². The number of aryl methyl sites for hydroxylation is 2. The second kappa shape index (κ2) is 9.77. The zero-order valence-electron chi connectivity index (χ0n) is 18.1. The first-order valence-electron chi connectivity index (χ1n) is 10.2. The number of carbonyl (C=O) groups is 1. The summed E-state index contributed by atoms with van der Waals surface area (Å²) in [4.78, 5) is 14.6. The lowest BCUT2D eigenvalue weighted by Crippen LogP contribution is -2.35. The molecule has 0 saturated heterocycles. The molecule has 3 rings (SSSR count). The molecule has 168 valence electrons. The van der Waals surface area contributed by atoms with Gasteiger partial charge in [0.15, 0.2) is 0 Å². The smallest absolute Gasteiger partial charge is 0.345 e. The van der Waals surface area contributed by atoms with Gasteiger partial charge in [-0.05, 0) is 54.8 Å². The van der Waals surface area contributed by atoms with Crippen LogP contribution in [-0.4, -0.2) is 22.0 Å².